The van der Waals surface area contributed by atoms with Crippen molar-refractivity contribution in [1.82, 2.24) is 25.8 Å². The molecule has 1 atom stereocenters. The van der Waals surface area contributed by atoms with E-state index in [9.17, 15) is 4.79 Å². The molecular formula is C20H28N6O. The van der Waals surface area contributed by atoms with Gasteiger partial charge in [0.2, 0.25) is 0 Å². The van der Waals surface area contributed by atoms with Gasteiger partial charge in [-0.25, -0.2) is 4.79 Å². The highest BCUT2D eigenvalue weighted by atomic mass is 16.2. The molecule has 2 amide bonds. The normalized spacial score (nSPS) is 21.0. The van der Waals surface area contributed by atoms with E-state index in [1.54, 1.807) is 12.4 Å². The van der Waals surface area contributed by atoms with Gasteiger partial charge in [0, 0.05) is 49.2 Å². The molecule has 1 aliphatic heterocycles. The number of carbonyl (C=O) groups is 1. The van der Waals surface area contributed by atoms with Gasteiger partial charge in [-0.05, 0) is 37.8 Å². The van der Waals surface area contributed by atoms with Gasteiger partial charge in [-0.3, -0.25) is 10.1 Å². The van der Waals surface area contributed by atoms with Gasteiger partial charge in [0.25, 0.3) is 0 Å². The van der Waals surface area contributed by atoms with Crippen LogP contribution in [0.5, 0.6) is 0 Å². The van der Waals surface area contributed by atoms with Crippen molar-refractivity contribution in [3.63, 3.8) is 0 Å². The molecule has 7 heteroatoms. The maximum atomic E-state index is 12.3. The van der Waals surface area contributed by atoms with Crippen LogP contribution in [0.2, 0.25) is 0 Å². The van der Waals surface area contributed by atoms with Gasteiger partial charge >= 0.3 is 6.03 Å². The first kappa shape index (κ1) is 17.8. The molecule has 0 aromatic carbocycles. The summed E-state index contributed by atoms with van der Waals surface area (Å²) in [6, 6.07) is 6.48. The first-order valence-corrected chi connectivity index (χ1v) is 10.1. The molecule has 27 heavy (non-hydrogen) atoms. The first-order chi connectivity index (χ1) is 13.3. The topological polar surface area (TPSA) is 85.9 Å². The molecule has 2 aromatic heterocycles. The summed E-state index contributed by atoms with van der Waals surface area (Å²) in [6.07, 6.45) is 11.6. The number of aromatic nitrogens is 3. The molecule has 1 aliphatic carbocycles. The SMILES string of the molecule is O=C(NC1CCCCC1)N[C@H]1CCCN(c2cc(-c3ccncc3)[nH]n2)C1. The van der Waals surface area contributed by atoms with Gasteiger partial charge in [-0.15, -0.1) is 0 Å². The number of amides is 2. The summed E-state index contributed by atoms with van der Waals surface area (Å²) in [5, 5.41) is 13.9. The van der Waals surface area contributed by atoms with Crippen LogP contribution in [0.25, 0.3) is 11.3 Å². The molecule has 144 valence electrons. The van der Waals surface area contributed by atoms with E-state index in [1.165, 1.54) is 19.3 Å². The molecule has 2 aliphatic rings. The third-order valence-corrected chi connectivity index (χ3v) is 5.58. The number of pyridine rings is 1. The summed E-state index contributed by atoms with van der Waals surface area (Å²) in [5.41, 5.74) is 2.06. The Hall–Kier alpha value is -2.57. The van der Waals surface area contributed by atoms with E-state index in [-0.39, 0.29) is 12.1 Å². The number of hydrogen-bond donors (Lipinski definition) is 3. The van der Waals surface area contributed by atoms with E-state index in [0.717, 1.165) is 55.8 Å². The van der Waals surface area contributed by atoms with Crippen molar-refractivity contribution in [1.29, 1.82) is 0 Å². The van der Waals surface area contributed by atoms with Crippen molar-refractivity contribution in [2.45, 2.75) is 57.0 Å². The van der Waals surface area contributed by atoms with E-state index >= 15 is 0 Å². The number of nitrogens with zero attached hydrogens (tertiary/aromatic N) is 3. The van der Waals surface area contributed by atoms with Crippen LogP contribution in [0.3, 0.4) is 0 Å². The number of piperidine rings is 1. The molecule has 0 bridgehead atoms. The Morgan fingerprint density at radius 1 is 1.04 bits per heavy atom. The molecule has 2 fully saturated rings. The summed E-state index contributed by atoms with van der Waals surface area (Å²) in [5.74, 6) is 0.931. The maximum absolute atomic E-state index is 12.3. The van der Waals surface area contributed by atoms with Crippen LogP contribution < -0.4 is 15.5 Å². The summed E-state index contributed by atoms with van der Waals surface area (Å²) >= 11 is 0. The molecule has 2 aromatic rings. The minimum Gasteiger partial charge on any atom is -0.353 e. The number of nitrogens with one attached hydrogen (secondary N) is 3. The summed E-state index contributed by atoms with van der Waals surface area (Å²) in [6.45, 7) is 1.75. The molecular weight excluding hydrogens is 340 g/mol. The maximum Gasteiger partial charge on any atom is 0.315 e. The number of hydrogen-bond acceptors (Lipinski definition) is 4. The second kappa shape index (κ2) is 8.41. The quantitative estimate of drug-likeness (QED) is 0.774. The largest absolute Gasteiger partial charge is 0.353 e. The van der Waals surface area contributed by atoms with Crippen LogP contribution >= 0.6 is 0 Å². The second-order valence-corrected chi connectivity index (χ2v) is 7.61. The monoisotopic (exact) mass is 368 g/mol. The molecule has 1 saturated heterocycles. The number of rotatable bonds is 4. The smallest absolute Gasteiger partial charge is 0.315 e. The molecule has 3 N–H and O–H groups in total. The highest BCUT2D eigenvalue weighted by Gasteiger charge is 2.24. The zero-order valence-electron chi connectivity index (χ0n) is 15.7. The Morgan fingerprint density at radius 2 is 1.78 bits per heavy atom. The molecule has 4 rings (SSSR count). The molecule has 0 radical (unpaired) electrons. The Morgan fingerprint density at radius 3 is 2.59 bits per heavy atom. The third kappa shape index (κ3) is 4.59. The lowest BCUT2D eigenvalue weighted by atomic mass is 9.96. The van der Waals surface area contributed by atoms with E-state index in [0.29, 0.717) is 6.04 Å². The first-order valence-electron chi connectivity index (χ1n) is 10.1. The van der Waals surface area contributed by atoms with E-state index in [4.69, 9.17) is 0 Å². The lowest BCUT2D eigenvalue weighted by molar-refractivity contribution is 0.227. The van der Waals surface area contributed by atoms with Gasteiger partial charge in [-0.1, -0.05) is 19.3 Å². The zero-order valence-corrected chi connectivity index (χ0v) is 15.7. The molecule has 7 nitrogen and oxygen atoms in total. The van der Waals surface area contributed by atoms with Crippen LogP contribution in [0.4, 0.5) is 10.6 Å². The summed E-state index contributed by atoms with van der Waals surface area (Å²) in [7, 11) is 0. The van der Waals surface area contributed by atoms with Gasteiger partial charge < -0.3 is 15.5 Å². The van der Waals surface area contributed by atoms with Crippen molar-refractivity contribution in [3.05, 3.63) is 30.6 Å². The average molecular weight is 368 g/mol. The third-order valence-electron chi connectivity index (χ3n) is 5.58. The average Bonchev–Trinajstić information content (AvgIpc) is 3.20. The number of H-pyrrole nitrogens is 1. The predicted molar refractivity (Wildman–Crippen MR) is 106 cm³/mol. The van der Waals surface area contributed by atoms with Crippen LogP contribution in [0, 0.1) is 0 Å². The Balaban J connectivity index is 1.33. The minimum atomic E-state index is -0.0201. The van der Waals surface area contributed by atoms with Crippen LogP contribution in [-0.4, -0.2) is 46.4 Å². The predicted octanol–water partition coefficient (Wildman–Crippen LogP) is 3.07. The molecule has 0 spiro atoms. The van der Waals surface area contributed by atoms with Gasteiger partial charge in [-0.2, -0.15) is 5.10 Å². The summed E-state index contributed by atoms with van der Waals surface area (Å²) in [4.78, 5) is 18.6. The second-order valence-electron chi connectivity index (χ2n) is 7.61. The minimum absolute atomic E-state index is 0.0201. The summed E-state index contributed by atoms with van der Waals surface area (Å²) < 4.78 is 0. The fraction of sp³-hybridized carbons (Fsp3) is 0.550. The standard InChI is InChI=1S/C20H28N6O/c27-20(22-16-5-2-1-3-6-16)23-17-7-4-12-26(14-17)19-13-18(24-25-19)15-8-10-21-11-9-15/h8-11,13,16-17H,1-7,12,14H2,(H,24,25)(H2,22,23,27)/t17-/m0/s1. The lowest BCUT2D eigenvalue weighted by Crippen LogP contribution is -2.52. The molecule has 3 heterocycles. The number of aromatic amines is 1. The van der Waals surface area contributed by atoms with Crippen molar-refractivity contribution in [3.8, 4) is 11.3 Å². The van der Waals surface area contributed by atoms with Gasteiger partial charge in [0.05, 0.1) is 5.69 Å². The van der Waals surface area contributed by atoms with Crippen molar-refractivity contribution >= 4 is 11.8 Å². The number of carbonyl (C=O) groups excluding carboxylic acids is 1. The van der Waals surface area contributed by atoms with Crippen molar-refractivity contribution < 1.29 is 4.79 Å². The van der Waals surface area contributed by atoms with E-state index < -0.39 is 0 Å². The Bertz CT molecular complexity index is 740. The highest BCUT2D eigenvalue weighted by molar-refractivity contribution is 5.74. The van der Waals surface area contributed by atoms with E-state index in [1.807, 2.05) is 12.1 Å². The molecule has 0 unspecified atom stereocenters. The number of anilines is 1. The highest BCUT2D eigenvalue weighted by Crippen LogP contribution is 2.24. The van der Waals surface area contributed by atoms with E-state index in [2.05, 4.69) is 36.8 Å². The lowest BCUT2D eigenvalue weighted by Gasteiger charge is -2.33. The van der Waals surface area contributed by atoms with Gasteiger partial charge in [0.15, 0.2) is 5.82 Å². The van der Waals surface area contributed by atoms with Gasteiger partial charge in [0.1, 0.15) is 0 Å². The fourth-order valence-corrected chi connectivity index (χ4v) is 4.11. The zero-order chi connectivity index (χ0) is 18.5. The van der Waals surface area contributed by atoms with Crippen LogP contribution in [-0.2, 0) is 0 Å². The number of urea groups is 1. The Labute approximate surface area is 159 Å². The van der Waals surface area contributed by atoms with Crippen molar-refractivity contribution in [2.24, 2.45) is 0 Å². The van der Waals surface area contributed by atoms with Crippen LogP contribution in [0.15, 0.2) is 30.6 Å². The Kier molecular flexibility index (Phi) is 5.55. The fourth-order valence-electron chi connectivity index (χ4n) is 4.11. The van der Waals surface area contributed by atoms with Crippen molar-refractivity contribution in [2.75, 3.05) is 18.0 Å². The molecule has 1 saturated carbocycles. The van der Waals surface area contributed by atoms with Crippen LogP contribution in [0.1, 0.15) is 44.9 Å².